The summed E-state index contributed by atoms with van der Waals surface area (Å²) >= 11 is 0. The molecule has 8 heteroatoms. The van der Waals surface area contributed by atoms with Crippen LogP contribution < -0.4 is 0 Å². The van der Waals surface area contributed by atoms with E-state index in [1.165, 1.54) is 77.0 Å². The van der Waals surface area contributed by atoms with E-state index in [9.17, 15) is 34.5 Å². The van der Waals surface area contributed by atoms with Gasteiger partial charge in [-0.25, -0.2) is 0 Å². The molecule has 0 aliphatic rings. The van der Waals surface area contributed by atoms with Gasteiger partial charge in [0.2, 0.25) is 0 Å². The molecule has 4 N–H and O–H groups in total. The molecule has 0 saturated heterocycles. The second kappa shape index (κ2) is 28.6. The van der Waals surface area contributed by atoms with E-state index < -0.39 is 35.7 Å². The molecule has 0 saturated carbocycles. The van der Waals surface area contributed by atoms with Gasteiger partial charge in [0, 0.05) is 6.42 Å². The van der Waals surface area contributed by atoms with E-state index in [2.05, 4.69) is 6.92 Å². The van der Waals surface area contributed by atoms with Crippen LogP contribution in [0.25, 0.3) is 0 Å². The lowest BCUT2D eigenvalue weighted by Crippen LogP contribution is -2.17. The van der Waals surface area contributed by atoms with Crippen LogP contribution in [0, 0.1) is 17.8 Å². The number of unbranched alkanes of at least 4 members (excludes halogenated alkanes) is 17. The van der Waals surface area contributed by atoms with Crippen LogP contribution in [0.3, 0.4) is 0 Å². The number of hydrogen-bond acceptors (Lipinski definition) is 4. The quantitative estimate of drug-likeness (QED) is 0.0535. The molecule has 0 bridgehead atoms. The van der Waals surface area contributed by atoms with Crippen LogP contribution in [0.2, 0.25) is 0 Å². The van der Waals surface area contributed by atoms with Crippen molar-refractivity contribution in [3.8, 4) is 0 Å². The van der Waals surface area contributed by atoms with Crippen LogP contribution in [0.1, 0.15) is 180 Å². The lowest BCUT2D eigenvalue weighted by Gasteiger charge is -2.15. The standard InChI is InChI=1S/C35H64O8/c1-2-3-4-15-18-22-29(33(38)39)23-19-16-13-11-9-7-5-6-8-10-12-14-17-20-24-30(34(40)41)25-21-26-31(35(42)43)27-28-32(36)37/h29-31H,2-28H2,1H3,(H,36,37)(H,38,39)(H,40,41)(H,42,43). The van der Waals surface area contributed by atoms with E-state index in [-0.39, 0.29) is 18.8 Å². The predicted molar refractivity (Wildman–Crippen MR) is 171 cm³/mol. The zero-order valence-corrected chi connectivity index (χ0v) is 27.2. The van der Waals surface area contributed by atoms with E-state index in [4.69, 9.17) is 5.11 Å². The van der Waals surface area contributed by atoms with Crippen molar-refractivity contribution in [2.75, 3.05) is 0 Å². The van der Waals surface area contributed by atoms with Gasteiger partial charge in [0.1, 0.15) is 0 Å². The van der Waals surface area contributed by atoms with Crippen LogP contribution in [-0.2, 0) is 19.2 Å². The molecule has 0 rings (SSSR count). The van der Waals surface area contributed by atoms with Crippen molar-refractivity contribution < 1.29 is 39.6 Å². The number of carboxylic acid groups (broad SMARTS) is 4. The second-order valence-electron chi connectivity index (χ2n) is 12.7. The maximum atomic E-state index is 11.6. The molecule has 8 nitrogen and oxygen atoms in total. The Morgan fingerprint density at radius 1 is 0.372 bits per heavy atom. The Labute approximate surface area is 261 Å². The van der Waals surface area contributed by atoms with Crippen molar-refractivity contribution >= 4 is 23.9 Å². The Kier molecular flexibility index (Phi) is 27.2. The van der Waals surface area contributed by atoms with E-state index in [1.54, 1.807) is 0 Å². The highest BCUT2D eigenvalue weighted by Gasteiger charge is 2.21. The fourth-order valence-electron chi connectivity index (χ4n) is 5.98. The molecule has 0 aromatic rings. The highest BCUT2D eigenvalue weighted by atomic mass is 16.4. The largest absolute Gasteiger partial charge is 0.481 e. The molecule has 0 aliphatic carbocycles. The zero-order valence-electron chi connectivity index (χ0n) is 27.2. The molecule has 0 fully saturated rings. The summed E-state index contributed by atoms with van der Waals surface area (Å²) < 4.78 is 0. The zero-order chi connectivity index (χ0) is 32.1. The van der Waals surface area contributed by atoms with Crippen molar-refractivity contribution in [3.05, 3.63) is 0 Å². The Hall–Kier alpha value is -2.12. The van der Waals surface area contributed by atoms with Gasteiger partial charge in [0.25, 0.3) is 0 Å². The van der Waals surface area contributed by atoms with Crippen LogP contribution in [0.15, 0.2) is 0 Å². The van der Waals surface area contributed by atoms with Gasteiger partial charge < -0.3 is 20.4 Å². The van der Waals surface area contributed by atoms with Crippen molar-refractivity contribution in [1.82, 2.24) is 0 Å². The van der Waals surface area contributed by atoms with Gasteiger partial charge in [-0.1, -0.05) is 135 Å². The van der Waals surface area contributed by atoms with Gasteiger partial charge in [-0.15, -0.1) is 0 Å². The maximum absolute atomic E-state index is 11.6. The number of rotatable bonds is 33. The summed E-state index contributed by atoms with van der Waals surface area (Å²) in [4.78, 5) is 45.1. The van der Waals surface area contributed by atoms with Crippen LogP contribution in [-0.4, -0.2) is 44.3 Å². The van der Waals surface area contributed by atoms with Crippen molar-refractivity contribution in [3.63, 3.8) is 0 Å². The fraction of sp³-hybridized carbons (Fsp3) is 0.886. The third kappa shape index (κ3) is 26.0. The maximum Gasteiger partial charge on any atom is 0.306 e. The molecule has 0 spiro atoms. The molecule has 0 heterocycles. The van der Waals surface area contributed by atoms with Gasteiger partial charge in [-0.05, 0) is 38.5 Å². The topological polar surface area (TPSA) is 149 Å². The first-order chi connectivity index (χ1) is 20.7. The number of aliphatic carboxylic acids is 4. The molecular formula is C35H64O8. The molecule has 0 aliphatic heterocycles. The van der Waals surface area contributed by atoms with E-state index >= 15 is 0 Å². The lowest BCUT2D eigenvalue weighted by molar-refractivity contribution is -0.144. The van der Waals surface area contributed by atoms with Gasteiger partial charge in [0.05, 0.1) is 17.8 Å². The summed E-state index contributed by atoms with van der Waals surface area (Å²) in [7, 11) is 0. The minimum atomic E-state index is -1.01. The average Bonchev–Trinajstić information content (AvgIpc) is 2.95. The number of hydrogen-bond donors (Lipinski definition) is 4. The van der Waals surface area contributed by atoms with Crippen LogP contribution >= 0.6 is 0 Å². The highest BCUT2D eigenvalue weighted by Crippen LogP contribution is 2.23. The predicted octanol–water partition coefficient (Wildman–Crippen LogP) is 9.73. The first-order valence-corrected chi connectivity index (χ1v) is 17.6. The SMILES string of the molecule is CCCCCCCC(CCCCCCCCCCCCCCCCC(CCCC(CCC(=O)O)C(=O)O)C(=O)O)C(=O)O. The molecule has 0 aromatic carbocycles. The smallest absolute Gasteiger partial charge is 0.306 e. The molecule has 43 heavy (non-hydrogen) atoms. The van der Waals surface area contributed by atoms with Crippen LogP contribution in [0.5, 0.6) is 0 Å². The van der Waals surface area contributed by atoms with Gasteiger partial charge in [-0.2, -0.15) is 0 Å². The van der Waals surface area contributed by atoms with E-state index in [1.807, 2.05) is 0 Å². The molecule has 0 aromatic heterocycles. The normalized spacial score (nSPS) is 13.4. The summed E-state index contributed by atoms with van der Waals surface area (Å²) in [6.45, 7) is 2.19. The summed E-state index contributed by atoms with van der Waals surface area (Å²) in [5.74, 6) is -4.80. The molecule has 0 radical (unpaired) electrons. The second-order valence-corrected chi connectivity index (χ2v) is 12.7. The van der Waals surface area contributed by atoms with Gasteiger partial charge >= 0.3 is 23.9 Å². The molecular weight excluding hydrogens is 548 g/mol. The summed E-state index contributed by atoms with van der Waals surface area (Å²) in [5, 5.41) is 37.0. The number of carbonyl (C=O) groups is 4. The fourth-order valence-corrected chi connectivity index (χ4v) is 5.98. The highest BCUT2D eigenvalue weighted by molar-refractivity contribution is 5.72. The van der Waals surface area contributed by atoms with E-state index in [0.29, 0.717) is 25.7 Å². The molecule has 252 valence electrons. The summed E-state index contributed by atoms with van der Waals surface area (Å²) in [6, 6.07) is 0. The Morgan fingerprint density at radius 3 is 0.907 bits per heavy atom. The molecule has 0 amide bonds. The molecule has 3 atom stereocenters. The summed E-state index contributed by atoms with van der Waals surface area (Å²) in [6.07, 6.45) is 25.7. The Morgan fingerprint density at radius 2 is 0.628 bits per heavy atom. The summed E-state index contributed by atoms with van der Waals surface area (Å²) in [5.41, 5.74) is 0. The lowest BCUT2D eigenvalue weighted by atomic mass is 9.91. The minimum Gasteiger partial charge on any atom is -0.481 e. The van der Waals surface area contributed by atoms with Gasteiger partial charge in [0.15, 0.2) is 0 Å². The Bertz CT molecular complexity index is 723. The monoisotopic (exact) mass is 612 g/mol. The number of carboxylic acids is 4. The minimum absolute atomic E-state index is 0.0831. The van der Waals surface area contributed by atoms with Crippen molar-refractivity contribution in [2.24, 2.45) is 17.8 Å². The van der Waals surface area contributed by atoms with Crippen LogP contribution in [0.4, 0.5) is 0 Å². The third-order valence-electron chi connectivity index (χ3n) is 8.87. The first-order valence-electron chi connectivity index (χ1n) is 17.6. The molecule has 3 unspecified atom stereocenters. The average molecular weight is 613 g/mol. The third-order valence-corrected chi connectivity index (χ3v) is 8.87. The van der Waals surface area contributed by atoms with Gasteiger partial charge in [-0.3, -0.25) is 19.2 Å². The van der Waals surface area contributed by atoms with Crippen molar-refractivity contribution in [1.29, 1.82) is 0 Å². The Balaban J connectivity index is 3.67. The first kappa shape index (κ1) is 40.9. The van der Waals surface area contributed by atoms with E-state index in [0.717, 1.165) is 57.8 Å². The van der Waals surface area contributed by atoms with Crippen molar-refractivity contribution in [2.45, 2.75) is 180 Å².